The molecule has 0 bridgehead atoms. The Morgan fingerprint density at radius 3 is 2.58 bits per heavy atom. The Morgan fingerprint density at radius 2 is 1.87 bits per heavy atom. The van der Waals surface area contributed by atoms with Crippen LogP contribution in [0.25, 0.3) is 16.6 Å². The number of aromatic nitrogens is 2. The van der Waals surface area contributed by atoms with Gasteiger partial charge >= 0.3 is 0 Å². The number of halogens is 2. The highest BCUT2D eigenvalue weighted by atomic mass is 35.5. The van der Waals surface area contributed by atoms with Crippen LogP contribution in [0.3, 0.4) is 0 Å². The van der Waals surface area contributed by atoms with Gasteiger partial charge in [0.1, 0.15) is 5.76 Å². The minimum atomic E-state index is -0.247. The summed E-state index contributed by atoms with van der Waals surface area (Å²) in [7, 11) is 1.70. The number of carbonyl (C=O) groups excluding carboxylic acids is 1. The highest BCUT2D eigenvalue weighted by molar-refractivity contribution is 7.99. The smallest absolute Gasteiger partial charge is 0.266 e. The van der Waals surface area contributed by atoms with Gasteiger partial charge in [-0.25, -0.2) is 4.98 Å². The van der Waals surface area contributed by atoms with E-state index in [0.717, 1.165) is 0 Å². The summed E-state index contributed by atoms with van der Waals surface area (Å²) in [5.74, 6) is 0.672. The van der Waals surface area contributed by atoms with Gasteiger partial charge in [0.05, 0.1) is 35.2 Å². The van der Waals surface area contributed by atoms with Gasteiger partial charge in [-0.3, -0.25) is 14.2 Å². The van der Waals surface area contributed by atoms with Crippen molar-refractivity contribution in [1.82, 2.24) is 14.5 Å². The van der Waals surface area contributed by atoms with Gasteiger partial charge in [0.25, 0.3) is 5.56 Å². The predicted octanol–water partition coefficient (Wildman–Crippen LogP) is 5.04. The number of nitrogens with zero attached hydrogens (tertiary/aromatic N) is 3. The third-order valence-electron chi connectivity index (χ3n) is 4.61. The van der Waals surface area contributed by atoms with Crippen molar-refractivity contribution in [2.24, 2.45) is 0 Å². The van der Waals surface area contributed by atoms with Crippen LogP contribution in [0, 0.1) is 0 Å². The Balaban J connectivity index is 1.68. The number of hydrogen-bond acceptors (Lipinski definition) is 5. The lowest BCUT2D eigenvalue weighted by atomic mass is 10.2. The van der Waals surface area contributed by atoms with Gasteiger partial charge in [-0.2, -0.15) is 0 Å². The number of amides is 1. The summed E-state index contributed by atoms with van der Waals surface area (Å²) in [6.07, 6.45) is 1.57. The van der Waals surface area contributed by atoms with Crippen LogP contribution >= 0.6 is 35.0 Å². The van der Waals surface area contributed by atoms with Crippen molar-refractivity contribution in [3.05, 3.63) is 87.0 Å². The fourth-order valence-electron chi connectivity index (χ4n) is 3.01. The lowest BCUT2D eigenvalue weighted by Crippen LogP contribution is -2.28. The topological polar surface area (TPSA) is 68.3 Å². The van der Waals surface area contributed by atoms with Crippen LogP contribution in [0.4, 0.5) is 0 Å². The van der Waals surface area contributed by atoms with Crippen molar-refractivity contribution < 1.29 is 9.21 Å². The summed E-state index contributed by atoms with van der Waals surface area (Å²) in [6.45, 7) is 0.358. The van der Waals surface area contributed by atoms with Crippen molar-refractivity contribution in [2.45, 2.75) is 11.7 Å². The summed E-state index contributed by atoms with van der Waals surface area (Å²) < 4.78 is 6.78. The number of hydrogen-bond donors (Lipinski definition) is 0. The van der Waals surface area contributed by atoms with E-state index in [0.29, 0.717) is 44.1 Å². The average molecular weight is 474 g/mol. The van der Waals surface area contributed by atoms with Gasteiger partial charge in [0.15, 0.2) is 5.16 Å². The molecule has 0 saturated heterocycles. The maximum absolute atomic E-state index is 13.3. The van der Waals surface area contributed by atoms with Gasteiger partial charge in [0.2, 0.25) is 5.91 Å². The molecule has 31 heavy (non-hydrogen) atoms. The normalized spacial score (nSPS) is 11.1. The van der Waals surface area contributed by atoms with E-state index in [1.165, 1.54) is 16.3 Å². The minimum Gasteiger partial charge on any atom is -0.467 e. The molecular formula is C22H17Cl2N3O3S. The molecule has 0 saturated carbocycles. The average Bonchev–Trinajstić information content (AvgIpc) is 3.25. The molecule has 0 unspecified atom stereocenters. The summed E-state index contributed by atoms with van der Waals surface area (Å²) in [5.41, 5.74) is 0.835. The first kappa shape index (κ1) is 21.5. The quantitative estimate of drug-likeness (QED) is 0.290. The summed E-state index contributed by atoms with van der Waals surface area (Å²) in [4.78, 5) is 32.1. The highest BCUT2D eigenvalue weighted by Gasteiger charge is 2.17. The summed E-state index contributed by atoms with van der Waals surface area (Å²) in [6, 6.07) is 15.4. The van der Waals surface area contributed by atoms with E-state index >= 15 is 0 Å². The number of benzene rings is 2. The van der Waals surface area contributed by atoms with Gasteiger partial charge in [-0.1, -0.05) is 35.0 Å². The standard InChI is InChI=1S/C22H17Cl2N3O3S/c1-26(12-17-3-2-10-30-17)20(28)13-31-22-25-19-11-15(24)6-9-18(19)21(29)27(22)16-7-4-14(23)5-8-16/h2-11H,12-13H2,1H3. The fourth-order valence-corrected chi connectivity index (χ4v) is 4.26. The van der Waals surface area contributed by atoms with Crippen LogP contribution in [0.1, 0.15) is 5.76 Å². The number of rotatable bonds is 6. The fraction of sp³-hybridized carbons (Fsp3) is 0.136. The second-order valence-electron chi connectivity index (χ2n) is 6.79. The highest BCUT2D eigenvalue weighted by Crippen LogP contribution is 2.24. The second-order valence-corrected chi connectivity index (χ2v) is 8.61. The van der Waals surface area contributed by atoms with E-state index in [9.17, 15) is 9.59 Å². The Bertz CT molecular complexity index is 1290. The largest absolute Gasteiger partial charge is 0.467 e. The first-order chi connectivity index (χ1) is 14.9. The van der Waals surface area contributed by atoms with Gasteiger partial charge in [-0.15, -0.1) is 0 Å². The van der Waals surface area contributed by atoms with Crippen molar-refractivity contribution in [3.8, 4) is 5.69 Å². The van der Waals surface area contributed by atoms with Crippen LogP contribution < -0.4 is 5.56 Å². The molecule has 4 aromatic rings. The summed E-state index contributed by atoms with van der Waals surface area (Å²) in [5, 5.41) is 1.86. The molecule has 0 fully saturated rings. The van der Waals surface area contributed by atoms with Crippen LogP contribution in [0.2, 0.25) is 10.0 Å². The lowest BCUT2D eigenvalue weighted by molar-refractivity contribution is -0.127. The molecule has 0 atom stereocenters. The number of fused-ring (bicyclic) bond motifs is 1. The molecule has 0 aliphatic carbocycles. The molecular weight excluding hydrogens is 457 g/mol. The molecule has 1 amide bonds. The van der Waals surface area contributed by atoms with Gasteiger partial charge in [-0.05, 0) is 54.6 Å². The van der Waals surface area contributed by atoms with Crippen molar-refractivity contribution in [1.29, 1.82) is 0 Å². The second kappa shape index (κ2) is 9.18. The van der Waals surface area contributed by atoms with Crippen LogP contribution in [0.15, 0.2) is 75.2 Å². The zero-order chi connectivity index (χ0) is 22.0. The molecule has 2 aromatic heterocycles. The first-order valence-corrected chi connectivity index (χ1v) is 11.0. The molecule has 158 valence electrons. The zero-order valence-corrected chi connectivity index (χ0v) is 18.7. The molecule has 9 heteroatoms. The minimum absolute atomic E-state index is 0.101. The third-order valence-corrected chi connectivity index (χ3v) is 6.02. The Labute approximate surface area is 192 Å². The molecule has 0 N–H and O–H groups in total. The molecule has 4 rings (SSSR count). The SMILES string of the molecule is CN(Cc1ccco1)C(=O)CSc1nc2cc(Cl)ccc2c(=O)n1-c1ccc(Cl)cc1. The monoisotopic (exact) mass is 473 g/mol. The zero-order valence-electron chi connectivity index (χ0n) is 16.4. The lowest BCUT2D eigenvalue weighted by Gasteiger charge is -2.17. The van der Waals surface area contributed by atoms with E-state index in [1.54, 1.807) is 66.7 Å². The summed E-state index contributed by atoms with van der Waals surface area (Å²) >= 11 is 13.3. The Morgan fingerprint density at radius 1 is 1.13 bits per heavy atom. The molecule has 0 aliphatic heterocycles. The van der Waals surface area contributed by atoms with Crippen LogP contribution in [-0.2, 0) is 11.3 Å². The Kier molecular flexibility index (Phi) is 6.36. The van der Waals surface area contributed by atoms with E-state index in [4.69, 9.17) is 27.6 Å². The third kappa shape index (κ3) is 4.79. The predicted molar refractivity (Wildman–Crippen MR) is 123 cm³/mol. The van der Waals surface area contributed by atoms with Crippen molar-refractivity contribution in [3.63, 3.8) is 0 Å². The van der Waals surface area contributed by atoms with E-state index in [-0.39, 0.29) is 17.2 Å². The van der Waals surface area contributed by atoms with Crippen LogP contribution in [-0.4, -0.2) is 33.2 Å². The molecule has 0 spiro atoms. The van der Waals surface area contributed by atoms with E-state index < -0.39 is 0 Å². The number of furan rings is 1. The van der Waals surface area contributed by atoms with Crippen LogP contribution in [0.5, 0.6) is 0 Å². The van der Waals surface area contributed by atoms with Crippen molar-refractivity contribution in [2.75, 3.05) is 12.8 Å². The maximum Gasteiger partial charge on any atom is 0.266 e. The first-order valence-electron chi connectivity index (χ1n) is 9.30. The van der Waals surface area contributed by atoms with Gasteiger partial charge < -0.3 is 9.32 Å². The molecule has 2 aromatic carbocycles. The van der Waals surface area contributed by atoms with E-state index in [1.807, 2.05) is 6.07 Å². The Hall–Kier alpha value is -2.74. The maximum atomic E-state index is 13.3. The molecule has 0 radical (unpaired) electrons. The van der Waals surface area contributed by atoms with Crippen molar-refractivity contribution >= 4 is 51.8 Å². The molecule has 6 nitrogen and oxygen atoms in total. The van der Waals surface area contributed by atoms with Gasteiger partial charge in [0, 0.05) is 17.1 Å². The van der Waals surface area contributed by atoms with E-state index in [2.05, 4.69) is 4.98 Å². The molecule has 2 heterocycles. The number of carbonyl (C=O) groups is 1. The molecule has 0 aliphatic rings. The number of thioether (sulfide) groups is 1.